The molecule has 1 aromatic rings. The lowest BCUT2D eigenvalue weighted by Gasteiger charge is -2.13. The second-order valence-electron chi connectivity index (χ2n) is 2.69. The third-order valence-electron chi connectivity index (χ3n) is 1.62. The quantitative estimate of drug-likeness (QED) is 0.396. The number of aromatic hydroxyl groups is 1. The van der Waals surface area contributed by atoms with Gasteiger partial charge in [0, 0.05) is 5.02 Å². The number of hydrogen-bond donors (Lipinski definition) is 3. The van der Waals surface area contributed by atoms with Crippen LogP contribution in [0.25, 0.3) is 0 Å². The third kappa shape index (κ3) is 2.51. The van der Waals surface area contributed by atoms with Crippen molar-refractivity contribution in [2.24, 2.45) is 5.84 Å². The average Bonchev–Trinajstić information content (AvgIpc) is 2.09. The van der Waals surface area contributed by atoms with Crippen molar-refractivity contribution in [2.75, 3.05) is 0 Å². The molecule has 6 heteroatoms. The number of phenolic OH excluding ortho intramolecular Hbond substituents is 1. The minimum absolute atomic E-state index is 0.0194. The van der Waals surface area contributed by atoms with Crippen molar-refractivity contribution in [2.45, 2.75) is 6.54 Å². The third-order valence-corrected chi connectivity index (χ3v) is 1.97. The number of hydrogen-bond acceptors (Lipinski definition) is 3. The van der Waals surface area contributed by atoms with Crippen LogP contribution in [0, 0.1) is 0 Å². The van der Waals surface area contributed by atoms with Crippen molar-refractivity contribution >= 4 is 17.7 Å². The molecule has 14 heavy (non-hydrogen) atoms. The van der Waals surface area contributed by atoms with E-state index in [1.54, 1.807) is 0 Å². The van der Waals surface area contributed by atoms with E-state index in [4.69, 9.17) is 27.7 Å². The summed E-state index contributed by atoms with van der Waals surface area (Å²) < 4.78 is 0. The lowest BCUT2D eigenvalue weighted by atomic mass is 10.2. The lowest BCUT2D eigenvalue weighted by molar-refractivity contribution is 0.143. The molecule has 0 aliphatic carbocycles. The molecule has 5 nitrogen and oxygen atoms in total. The van der Waals surface area contributed by atoms with Crippen molar-refractivity contribution in [1.29, 1.82) is 0 Å². The van der Waals surface area contributed by atoms with Gasteiger partial charge in [0.25, 0.3) is 0 Å². The Kier molecular flexibility index (Phi) is 3.16. The lowest BCUT2D eigenvalue weighted by Crippen LogP contribution is -2.35. The van der Waals surface area contributed by atoms with E-state index in [-0.39, 0.29) is 17.3 Å². The van der Waals surface area contributed by atoms with E-state index in [0.29, 0.717) is 10.6 Å². The fourth-order valence-corrected chi connectivity index (χ4v) is 1.15. The highest BCUT2D eigenvalue weighted by Crippen LogP contribution is 2.22. The van der Waals surface area contributed by atoms with Crippen LogP contribution in [0.4, 0.5) is 4.79 Å². The number of rotatable bonds is 2. The van der Waals surface area contributed by atoms with Crippen molar-refractivity contribution < 1.29 is 15.0 Å². The Balaban J connectivity index is 2.82. The summed E-state index contributed by atoms with van der Waals surface area (Å²) in [5.74, 6) is 5.19. The number of amides is 1. The summed E-state index contributed by atoms with van der Waals surface area (Å²) in [5, 5.41) is 18.4. The summed E-state index contributed by atoms with van der Waals surface area (Å²) in [6.07, 6.45) is -1.24. The maximum absolute atomic E-state index is 10.4. The molecule has 0 fully saturated rings. The van der Waals surface area contributed by atoms with Crippen LogP contribution >= 0.6 is 11.6 Å². The van der Waals surface area contributed by atoms with E-state index < -0.39 is 6.09 Å². The second kappa shape index (κ2) is 4.17. The highest BCUT2D eigenvalue weighted by molar-refractivity contribution is 6.31. The van der Waals surface area contributed by atoms with E-state index in [0.717, 1.165) is 0 Å². The molecule has 1 amide bonds. The molecular formula is C8H9ClN2O3. The first-order chi connectivity index (χ1) is 6.50. The number of nitrogens with two attached hydrogens (primary N) is 1. The Morgan fingerprint density at radius 1 is 1.57 bits per heavy atom. The Hall–Kier alpha value is -1.46. The molecule has 0 atom stereocenters. The number of carboxylic acid groups (broad SMARTS) is 1. The molecule has 1 rings (SSSR count). The molecule has 0 bridgehead atoms. The number of phenols is 1. The van der Waals surface area contributed by atoms with Gasteiger partial charge in [-0.1, -0.05) is 17.7 Å². The molecule has 0 aliphatic heterocycles. The molecule has 0 aliphatic rings. The Labute approximate surface area is 85.3 Å². The first kappa shape index (κ1) is 10.6. The minimum Gasteiger partial charge on any atom is -0.508 e. The summed E-state index contributed by atoms with van der Waals surface area (Å²) in [7, 11) is 0. The fourth-order valence-electron chi connectivity index (χ4n) is 0.916. The minimum atomic E-state index is -1.24. The van der Waals surface area contributed by atoms with Crippen LogP contribution in [0.2, 0.25) is 5.02 Å². The van der Waals surface area contributed by atoms with Crippen LogP contribution in [-0.4, -0.2) is 21.3 Å². The highest BCUT2D eigenvalue weighted by Gasteiger charge is 2.09. The van der Waals surface area contributed by atoms with E-state index in [1.165, 1.54) is 18.2 Å². The molecular weight excluding hydrogens is 208 g/mol. The Morgan fingerprint density at radius 2 is 2.21 bits per heavy atom. The molecule has 1 aromatic carbocycles. The summed E-state index contributed by atoms with van der Waals surface area (Å²) in [6, 6.07) is 4.25. The zero-order valence-electron chi connectivity index (χ0n) is 7.14. The highest BCUT2D eigenvalue weighted by atomic mass is 35.5. The number of benzene rings is 1. The van der Waals surface area contributed by atoms with Gasteiger partial charge in [-0.15, -0.1) is 0 Å². The SMILES string of the molecule is NN(Cc1ccc(O)cc1Cl)C(=O)O. The summed E-state index contributed by atoms with van der Waals surface area (Å²) in [6.45, 7) is -0.0194. The van der Waals surface area contributed by atoms with Crippen LogP contribution in [0.15, 0.2) is 18.2 Å². The second-order valence-corrected chi connectivity index (χ2v) is 3.09. The predicted octanol–water partition coefficient (Wildman–Crippen LogP) is 1.40. The zero-order valence-corrected chi connectivity index (χ0v) is 7.90. The van der Waals surface area contributed by atoms with Gasteiger partial charge in [0.2, 0.25) is 0 Å². The van der Waals surface area contributed by atoms with Gasteiger partial charge in [-0.05, 0) is 17.7 Å². The van der Waals surface area contributed by atoms with E-state index in [2.05, 4.69) is 0 Å². The van der Waals surface area contributed by atoms with Crippen molar-refractivity contribution in [3.8, 4) is 5.75 Å². The Morgan fingerprint density at radius 3 is 2.71 bits per heavy atom. The number of carbonyl (C=O) groups is 1. The first-order valence-electron chi connectivity index (χ1n) is 3.73. The first-order valence-corrected chi connectivity index (χ1v) is 4.11. The molecule has 0 saturated carbocycles. The van der Waals surface area contributed by atoms with Crippen LogP contribution in [0.1, 0.15) is 5.56 Å². The predicted molar refractivity (Wildman–Crippen MR) is 50.9 cm³/mol. The van der Waals surface area contributed by atoms with Gasteiger partial charge in [0.15, 0.2) is 0 Å². The smallest absolute Gasteiger partial charge is 0.421 e. The molecule has 4 N–H and O–H groups in total. The van der Waals surface area contributed by atoms with E-state index in [1.807, 2.05) is 0 Å². The van der Waals surface area contributed by atoms with Gasteiger partial charge < -0.3 is 10.2 Å². The van der Waals surface area contributed by atoms with Gasteiger partial charge in [-0.2, -0.15) is 0 Å². The average molecular weight is 217 g/mol. The summed E-state index contributed by atoms with van der Waals surface area (Å²) in [5.41, 5.74) is 0.536. The van der Waals surface area contributed by atoms with Gasteiger partial charge in [-0.25, -0.2) is 15.6 Å². The number of halogens is 1. The maximum Gasteiger partial charge on any atom is 0.421 e. The molecule has 0 radical (unpaired) electrons. The van der Waals surface area contributed by atoms with E-state index in [9.17, 15) is 4.79 Å². The largest absolute Gasteiger partial charge is 0.508 e. The number of nitrogens with zero attached hydrogens (tertiary/aromatic N) is 1. The zero-order chi connectivity index (χ0) is 10.7. The molecule has 76 valence electrons. The van der Waals surface area contributed by atoms with Gasteiger partial charge in [0.1, 0.15) is 5.75 Å². The fraction of sp³-hybridized carbons (Fsp3) is 0.125. The standard InChI is InChI=1S/C8H9ClN2O3/c9-7-3-6(12)2-1-5(7)4-11(10)8(13)14/h1-3,12H,4,10H2,(H,13,14). The van der Waals surface area contributed by atoms with Gasteiger partial charge in [0.05, 0.1) is 6.54 Å². The van der Waals surface area contributed by atoms with Crippen LogP contribution in [-0.2, 0) is 6.54 Å². The van der Waals surface area contributed by atoms with Gasteiger partial charge >= 0.3 is 6.09 Å². The summed E-state index contributed by atoms with van der Waals surface area (Å²) >= 11 is 5.74. The van der Waals surface area contributed by atoms with Crippen molar-refractivity contribution in [3.63, 3.8) is 0 Å². The molecule has 0 saturated heterocycles. The maximum atomic E-state index is 10.4. The normalized spacial score (nSPS) is 9.86. The van der Waals surface area contributed by atoms with Crippen LogP contribution in [0.5, 0.6) is 5.75 Å². The van der Waals surface area contributed by atoms with Crippen LogP contribution in [0.3, 0.4) is 0 Å². The van der Waals surface area contributed by atoms with Crippen molar-refractivity contribution in [1.82, 2.24) is 5.01 Å². The monoisotopic (exact) mass is 216 g/mol. The molecule has 0 heterocycles. The molecule has 0 aromatic heterocycles. The van der Waals surface area contributed by atoms with Gasteiger partial charge in [-0.3, -0.25) is 0 Å². The van der Waals surface area contributed by atoms with Crippen LogP contribution < -0.4 is 5.84 Å². The van der Waals surface area contributed by atoms with Crippen molar-refractivity contribution in [3.05, 3.63) is 28.8 Å². The molecule has 0 spiro atoms. The Bertz CT molecular complexity index is 356. The number of hydrazine groups is 1. The van der Waals surface area contributed by atoms with E-state index >= 15 is 0 Å². The topological polar surface area (TPSA) is 86.8 Å². The molecule has 0 unspecified atom stereocenters. The summed E-state index contributed by atoms with van der Waals surface area (Å²) in [4.78, 5) is 10.4.